The van der Waals surface area contributed by atoms with E-state index in [4.69, 9.17) is 0 Å². The van der Waals surface area contributed by atoms with Crippen molar-refractivity contribution >= 4 is 17.7 Å². The Morgan fingerprint density at radius 3 is 2.14 bits per heavy atom. The smallest absolute Gasteiger partial charge is 1.00 e. The Labute approximate surface area is 271 Å². The summed E-state index contributed by atoms with van der Waals surface area (Å²) in [5.41, 5.74) is 5.82. The summed E-state index contributed by atoms with van der Waals surface area (Å²) in [6.07, 6.45) is 7.82. The fraction of sp³-hybridized carbons (Fsp3) is 0.361. The molecular weight excluding hydrogens is 739 g/mol. The summed E-state index contributed by atoms with van der Waals surface area (Å²) in [5, 5.41) is 2.75. The van der Waals surface area contributed by atoms with Gasteiger partial charge < -0.3 is 24.8 Å². The number of hydrogen-bond donors (Lipinski definition) is 0. The van der Waals surface area contributed by atoms with Crippen molar-refractivity contribution in [1.82, 2.24) is 0 Å². The van der Waals surface area contributed by atoms with E-state index in [-0.39, 0.29) is 41.1 Å². The molecule has 0 heterocycles. The first-order chi connectivity index (χ1) is 18.5. The molecule has 2 aromatic carbocycles. The van der Waals surface area contributed by atoms with Crippen molar-refractivity contribution in [3.8, 4) is 0 Å². The average molecular weight is 777 g/mol. The van der Waals surface area contributed by atoms with Crippen molar-refractivity contribution < 1.29 is 60.4 Å². The van der Waals surface area contributed by atoms with Gasteiger partial charge in [0, 0.05) is 0 Å². The Hall–Kier alpha value is -1.75. The first kappa shape index (κ1) is 34.7. The molecule has 221 valence electrons. The third-order valence-electron chi connectivity index (χ3n) is 8.43. The van der Waals surface area contributed by atoms with Crippen LogP contribution in [0.2, 0.25) is 0 Å². The number of benzene rings is 2. The number of halogens is 5. The van der Waals surface area contributed by atoms with Gasteiger partial charge >= 0.3 is 249 Å². The molecule has 0 spiro atoms. The third kappa shape index (κ3) is 6.24. The predicted octanol–water partition coefficient (Wildman–Crippen LogP) is 2.52. The van der Waals surface area contributed by atoms with Gasteiger partial charge in [0.2, 0.25) is 0 Å². The quantitative estimate of drug-likeness (QED) is 0.421. The normalized spacial score (nSPS) is 19.5. The maximum absolute atomic E-state index is 13.4. The van der Waals surface area contributed by atoms with Gasteiger partial charge in [-0.3, -0.25) is 0 Å². The fourth-order valence-electron chi connectivity index (χ4n) is 6.12. The molecule has 5 rings (SSSR count). The van der Waals surface area contributed by atoms with Crippen LogP contribution in [0.25, 0.3) is 14.5 Å². The number of hydrogen-bond acceptors (Lipinski definition) is 0. The van der Waals surface area contributed by atoms with Gasteiger partial charge in [0.25, 0.3) is 0 Å². The van der Waals surface area contributed by atoms with Crippen LogP contribution in [0.5, 0.6) is 0 Å². The van der Waals surface area contributed by atoms with Gasteiger partial charge in [-0.15, -0.1) is 0 Å². The van der Waals surface area contributed by atoms with E-state index in [1.165, 1.54) is 44.9 Å². The summed E-state index contributed by atoms with van der Waals surface area (Å²) in [6, 6.07) is 12.7. The van der Waals surface area contributed by atoms with E-state index >= 15 is 0 Å². The van der Waals surface area contributed by atoms with Crippen LogP contribution in [0.3, 0.4) is 0 Å². The molecule has 42 heavy (non-hydrogen) atoms. The molecule has 3 aliphatic carbocycles. The van der Waals surface area contributed by atoms with Gasteiger partial charge in [-0.05, 0) is 0 Å². The molecule has 0 saturated carbocycles. The third-order valence-corrected chi connectivity index (χ3v) is 13.1. The molecule has 0 aromatic heterocycles. The maximum Gasteiger partial charge on any atom is -1.00 e. The van der Waals surface area contributed by atoms with E-state index in [2.05, 4.69) is 104 Å². The van der Waals surface area contributed by atoms with Gasteiger partial charge in [-0.1, -0.05) is 0 Å². The van der Waals surface area contributed by atoms with Crippen molar-refractivity contribution in [3.05, 3.63) is 111 Å². The molecule has 0 amide bonds. The predicted molar refractivity (Wildman–Crippen MR) is 159 cm³/mol. The Kier molecular flexibility index (Phi) is 9.90. The Bertz CT molecular complexity index is 1680. The Balaban J connectivity index is 0.00000242. The van der Waals surface area contributed by atoms with Crippen molar-refractivity contribution in [3.63, 3.8) is 0 Å². The van der Waals surface area contributed by atoms with Gasteiger partial charge in [-0.25, -0.2) is 0 Å². The number of allylic oxidation sites excluding steroid dienone is 8. The summed E-state index contributed by atoms with van der Waals surface area (Å²) < 4.78 is 43.5. The second-order valence-electron chi connectivity index (χ2n) is 13.5. The van der Waals surface area contributed by atoms with Crippen molar-refractivity contribution in [2.75, 3.05) is 0 Å². The van der Waals surface area contributed by atoms with E-state index in [1.807, 2.05) is 0 Å². The average Bonchev–Trinajstić information content (AvgIpc) is 3.46. The Morgan fingerprint density at radius 2 is 1.55 bits per heavy atom. The van der Waals surface area contributed by atoms with E-state index < -0.39 is 34.2 Å². The van der Waals surface area contributed by atoms with Crippen LogP contribution in [-0.2, 0) is 34.0 Å². The molecule has 0 fully saturated rings. The van der Waals surface area contributed by atoms with Gasteiger partial charge in [-0.2, -0.15) is 0 Å². The van der Waals surface area contributed by atoms with Gasteiger partial charge in [0.05, 0.1) is 0 Å². The van der Waals surface area contributed by atoms with Crippen LogP contribution in [0.4, 0.5) is 13.2 Å². The Morgan fingerprint density at radius 1 is 0.857 bits per heavy atom. The van der Waals surface area contributed by atoms with Gasteiger partial charge in [0.15, 0.2) is 0 Å². The largest absolute Gasteiger partial charge is 1.00 e. The zero-order valence-electron chi connectivity index (χ0n) is 25.5. The number of alkyl halides is 3. The van der Waals surface area contributed by atoms with E-state index in [9.17, 15) is 13.2 Å². The summed E-state index contributed by atoms with van der Waals surface area (Å²) >= 11 is -1.24. The molecule has 0 N–H and O–H groups in total. The second kappa shape index (κ2) is 12.0. The second-order valence-corrected chi connectivity index (χ2v) is 19.8. The molecule has 1 unspecified atom stereocenters. The first-order valence-corrected chi connectivity index (χ1v) is 17.6. The van der Waals surface area contributed by atoms with Gasteiger partial charge in [0.1, 0.15) is 0 Å². The van der Waals surface area contributed by atoms with Crippen LogP contribution >= 0.6 is 0 Å². The fourth-order valence-corrected chi connectivity index (χ4v) is 10.4. The molecule has 6 heteroatoms. The van der Waals surface area contributed by atoms with Crippen LogP contribution < -0.4 is 35.3 Å². The summed E-state index contributed by atoms with van der Waals surface area (Å²) in [4.78, 5) is 0. The van der Waals surface area contributed by atoms with Crippen LogP contribution in [0, 0.1) is 10.8 Å². The van der Waals surface area contributed by atoms with Crippen LogP contribution in [0.1, 0.15) is 78.5 Å². The minimum Gasteiger partial charge on any atom is -1.00 e. The molecular formula is C36H38Cl2F3Hf. The van der Waals surface area contributed by atoms with Crippen molar-refractivity contribution in [2.24, 2.45) is 10.8 Å². The summed E-state index contributed by atoms with van der Waals surface area (Å²) in [6.45, 7) is 18.2. The first-order valence-electron chi connectivity index (χ1n) is 14.0. The minimum atomic E-state index is -4.35. The summed E-state index contributed by atoms with van der Waals surface area (Å²) in [7, 11) is 0. The zero-order chi connectivity index (χ0) is 29.3. The van der Waals surface area contributed by atoms with Crippen LogP contribution in [0.15, 0.2) is 84.0 Å². The van der Waals surface area contributed by atoms with E-state index in [0.717, 1.165) is 18.1 Å². The summed E-state index contributed by atoms with van der Waals surface area (Å²) in [5.74, 6) is 0. The van der Waals surface area contributed by atoms with Crippen molar-refractivity contribution in [1.29, 1.82) is 0 Å². The number of fused-ring (bicyclic) bond motifs is 2. The molecule has 0 radical (unpaired) electrons. The standard InChI is InChI=1S/C33H32F3.C3H6.2ClH.Hf/c1-30(2,3)25-12-13-28-23(19-25)16-24-20-32(31(4,5)6,15-14-29(24)28)26-11-10-22(17-26)21-8-7-9-27(18-21)33(34,35)36;1-3-2;;;/h7-10,12-15,17-20H,11H2,1-6H3;1-2H3;2*1H;/q;;;;+2/p-2. The monoisotopic (exact) mass is 777 g/mol. The molecule has 2 aromatic rings. The minimum absolute atomic E-state index is 0. The SMILES string of the molecule is C[C](C)=[Hf+2][C]1=c2cc(C(C)(C)C)ccc2=C2C=CC(C3=CC(c4cccc(C(F)(F)F)c4)=CC3)(C(C)(C)C)C=C21.[Cl-].[Cl-]. The number of rotatable bonds is 3. The zero-order valence-corrected chi connectivity index (χ0v) is 30.6. The van der Waals surface area contributed by atoms with E-state index in [0.29, 0.717) is 5.56 Å². The molecule has 0 aliphatic heterocycles. The topological polar surface area (TPSA) is 0 Å². The molecule has 3 aliphatic rings. The molecule has 1 atom stereocenters. The van der Waals surface area contributed by atoms with Crippen LogP contribution in [-0.4, -0.2) is 3.26 Å². The van der Waals surface area contributed by atoms with Crippen molar-refractivity contribution in [2.45, 2.75) is 73.4 Å². The molecule has 0 nitrogen and oxygen atoms in total. The maximum atomic E-state index is 13.4. The molecule has 0 bridgehead atoms. The molecule has 0 saturated heterocycles. The van der Waals surface area contributed by atoms with E-state index in [1.54, 1.807) is 12.7 Å².